The Kier molecular flexibility index (Phi) is 4.15. The first-order valence-corrected chi connectivity index (χ1v) is 7.41. The van der Waals surface area contributed by atoms with E-state index in [0.29, 0.717) is 12.3 Å². The molecule has 0 bridgehead atoms. The molecule has 3 rings (SSSR count). The van der Waals surface area contributed by atoms with Gasteiger partial charge in [-0.2, -0.15) is 0 Å². The van der Waals surface area contributed by atoms with E-state index in [1.165, 1.54) is 6.07 Å². The van der Waals surface area contributed by atoms with Gasteiger partial charge in [0.1, 0.15) is 17.2 Å². The lowest BCUT2D eigenvalue weighted by Gasteiger charge is -2.08. The van der Waals surface area contributed by atoms with Gasteiger partial charge in [0.25, 0.3) is 0 Å². The summed E-state index contributed by atoms with van der Waals surface area (Å²) in [6.07, 6.45) is 4.97. The Hall–Kier alpha value is -1.94. The molecule has 1 aromatic carbocycles. The maximum absolute atomic E-state index is 13.2. The van der Waals surface area contributed by atoms with Crippen LogP contribution in [0.15, 0.2) is 42.7 Å². The molecule has 3 aromatic rings. The van der Waals surface area contributed by atoms with E-state index >= 15 is 0 Å². The zero-order valence-corrected chi connectivity index (χ0v) is 12.2. The summed E-state index contributed by atoms with van der Waals surface area (Å²) in [5, 5.41) is 0. The monoisotopic (exact) mass is 303 g/mol. The van der Waals surface area contributed by atoms with Crippen molar-refractivity contribution in [2.24, 2.45) is 0 Å². The third-order valence-corrected chi connectivity index (χ3v) is 3.65. The summed E-state index contributed by atoms with van der Waals surface area (Å²) in [6.45, 7) is 0.746. The molecule has 3 nitrogen and oxygen atoms in total. The summed E-state index contributed by atoms with van der Waals surface area (Å²) in [5.41, 5.74) is 2.89. The number of aromatic nitrogens is 3. The first-order valence-electron chi connectivity index (χ1n) is 6.87. The standard InChI is InChI=1S/C16H15ClFN3/c17-7-4-16-20-14-11-19-8-5-15(14)21(16)9-6-12-2-1-3-13(18)10-12/h1-3,5,8,10-11H,4,6-7,9H2. The molecule has 0 amide bonds. The van der Waals surface area contributed by atoms with Crippen LogP contribution >= 0.6 is 11.6 Å². The minimum Gasteiger partial charge on any atom is -0.328 e. The highest BCUT2D eigenvalue weighted by Crippen LogP contribution is 2.17. The number of pyridine rings is 1. The SMILES string of the molecule is Fc1cccc(CCn2c(CCCl)nc3cnccc32)c1. The molecule has 0 radical (unpaired) electrons. The minimum atomic E-state index is -0.201. The summed E-state index contributed by atoms with van der Waals surface area (Å²) in [7, 11) is 0. The topological polar surface area (TPSA) is 30.7 Å². The fourth-order valence-electron chi connectivity index (χ4n) is 2.49. The van der Waals surface area contributed by atoms with Crippen LogP contribution in [0.5, 0.6) is 0 Å². The molecule has 0 saturated heterocycles. The van der Waals surface area contributed by atoms with Gasteiger partial charge in [0.05, 0.1) is 11.7 Å². The van der Waals surface area contributed by atoms with Crippen LogP contribution < -0.4 is 0 Å². The van der Waals surface area contributed by atoms with Crippen molar-refractivity contribution in [3.05, 3.63) is 59.9 Å². The highest BCUT2D eigenvalue weighted by Gasteiger charge is 2.10. The fourth-order valence-corrected chi connectivity index (χ4v) is 2.66. The number of nitrogens with zero attached hydrogens (tertiary/aromatic N) is 3. The number of halogens is 2. The summed E-state index contributed by atoms with van der Waals surface area (Å²) < 4.78 is 15.4. The number of hydrogen-bond acceptors (Lipinski definition) is 2. The third-order valence-electron chi connectivity index (χ3n) is 3.46. The van der Waals surface area contributed by atoms with Gasteiger partial charge in [0, 0.05) is 25.0 Å². The maximum atomic E-state index is 13.2. The third kappa shape index (κ3) is 3.05. The Bertz CT molecular complexity index is 754. The van der Waals surface area contributed by atoms with Gasteiger partial charge >= 0.3 is 0 Å². The van der Waals surface area contributed by atoms with E-state index in [1.54, 1.807) is 24.5 Å². The zero-order valence-electron chi connectivity index (χ0n) is 11.5. The van der Waals surface area contributed by atoms with Crippen molar-refractivity contribution < 1.29 is 4.39 Å². The molecule has 0 N–H and O–H groups in total. The molecule has 0 aliphatic rings. The molecule has 0 unspecified atom stereocenters. The van der Waals surface area contributed by atoms with Crippen molar-refractivity contribution in [3.63, 3.8) is 0 Å². The van der Waals surface area contributed by atoms with Gasteiger partial charge in [-0.3, -0.25) is 4.98 Å². The molecular weight excluding hydrogens is 289 g/mol. The van der Waals surface area contributed by atoms with Crippen molar-refractivity contribution in [1.82, 2.24) is 14.5 Å². The Morgan fingerprint density at radius 1 is 1.19 bits per heavy atom. The van der Waals surface area contributed by atoms with Crippen molar-refractivity contribution >= 4 is 22.6 Å². The highest BCUT2D eigenvalue weighted by atomic mass is 35.5. The summed E-state index contributed by atoms with van der Waals surface area (Å²) in [5.74, 6) is 1.27. The van der Waals surface area contributed by atoms with Gasteiger partial charge < -0.3 is 4.57 Å². The van der Waals surface area contributed by atoms with Gasteiger partial charge in [0.15, 0.2) is 0 Å². The number of benzene rings is 1. The van der Waals surface area contributed by atoms with Gasteiger partial charge in [-0.05, 0) is 30.2 Å². The quantitative estimate of drug-likeness (QED) is 0.674. The molecule has 0 atom stereocenters. The first-order chi connectivity index (χ1) is 10.3. The van der Waals surface area contributed by atoms with Crippen molar-refractivity contribution in [3.8, 4) is 0 Å². The molecule has 0 fully saturated rings. The second-order valence-electron chi connectivity index (χ2n) is 4.86. The van der Waals surface area contributed by atoms with Gasteiger partial charge in [-0.25, -0.2) is 9.37 Å². The van der Waals surface area contributed by atoms with E-state index in [1.807, 2.05) is 12.1 Å². The molecule has 5 heteroatoms. The van der Waals surface area contributed by atoms with Crippen LogP contribution in [0.25, 0.3) is 11.0 Å². The van der Waals surface area contributed by atoms with Crippen LogP contribution in [0.1, 0.15) is 11.4 Å². The van der Waals surface area contributed by atoms with Crippen molar-refractivity contribution in [2.45, 2.75) is 19.4 Å². The van der Waals surface area contributed by atoms with Gasteiger partial charge in [-0.1, -0.05) is 12.1 Å². The van der Waals surface area contributed by atoms with Gasteiger partial charge in [-0.15, -0.1) is 11.6 Å². The van der Waals surface area contributed by atoms with Crippen LogP contribution in [0.2, 0.25) is 0 Å². The Balaban J connectivity index is 1.89. The van der Waals surface area contributed by atoms with Crippen LogP contribution in [0.3, 0.4) is 0 Å². The predicted molar refractivity (Wildman–Crippen MR) is 82.1 cm³/mol. The van der Waals surface area contributed by atoms with E-state index in [-0.39, 0.29) is 5.82 Å². The lowest BCUT2D eigenvalue weighted by molar-refractivity contribution is 0.620. The zero-order chi connectivity index (χ0) is 14.7. The first kappa shape index (κ1) is 14.0. The number of imidazole rings is 1. The van der Waals surface area contributed by atoms with E-state index in [9.17, 15) is 4.39 Å². The average Bonchev–Trinajstić information content (AvgIpc) is 2.83. The molecule has 0 aliphatic heterocycles. The number of aryl methyl sites for hydroxylation is 3. The Morgan fingerprint density at radius 2 is 2.10 bits per heavy atom. The lowest BCUT2D eigenvalue weighted by Crippen LogP contribution is -2.07. The largest absolute Gasteiger partial charge is 0.328 e. The number of alkyl halides is 1. The molecule has 0 spiro atoms. The second-order valence-corrected chi connectivity index (χ2v) is 5.24. The minimum absolute atomic E-state index is 0.201. The van der Waals surface area contributed by atoms with Crippen LogP contribution in [0, 0.1) is 5.82 Å². The van der Waals surface area contributed by atoms with Gasteiger partial charge in [0.2, 0.25) is 0 Å². The predicted octanol–water partition coefficient (Wildman–Crippen LogP) is 3.59. The van der Waals surface area contributed by atoms with E-state index in [0.717, 1.165) is 35.4 Å². The smallest absolute Gasteiger partial charge is 0.123 e. The molecular formula is C16H15ClFN3. The summed E-state index contributed by atoms with van der Waals surface area (Å²) >= 11 is 5.85. The fraction of sp³-hybridized carbons (Fsp3) is 0.250. The van der Waals surface area contributed by atoms with E-state index in [2.05, 4.69) is 14.5 Å². The maximum Gasteiger partial charge on any atom is 0.123 e. The summed E-state index contributed by atoms with van der Waals surface area (Å²) in [6, 6.07) is 8.65. The Morgan fingerprint density at radius 3 is 2.90 bits per heavy atom. The number of hydrogen-bond donors (Lipinski definition) is 0. The van der Waals surface area contributed by atoms with Crippen molar-refractivity contribution in [2.75, 3.05) is 5.88 Å². The van der Waals surface area contributed by atoms with Crippen LogP contribution in [-0.4, -0.2) is 20.4 Å². The number of rotatable bonds is 5. The molecule has 0 saturated carbocycles. The van der Waals surface area contributed by atoms with Crippen molar-refractivity contribution in [1.29, 1.82) is 0 Å². The highest BCUT2D eigenvalue weighted by molar-refractivity contribution is 6.17. The Labute approximate surface area is 127 Å². The van der Waals surface area contributed by atoms with E-state index in [4.69, 9.17) is 11.6 Å². The van der Waals surface area contributed by atoms with Crippen LogP contribution in [-0.2, 0) is 19.4 Å². The number of fused-ring (bicyclic) bond motifs is 1. The molecule has 21 heavy (non-hydrogen) atoms. The lowest BCUT2D eigenvalue weighted by atomic mass is 10.1. The van der Waals surface area contributed by atoms with E-state index < -0.39 is 0 Å². The second kappa shape index (κ2) is 6.22. The summed E-state index contributed by atoms with van der Waals surface area (Å²) in [4.78, 5) is 8.67. The molecule has 0 aliphatic carbocycles. The molecule has 108 valence electrons. The van der Waals surface area contributed by atoms with Crippen LogP contribution in [0.4, 0.5) is 4.39 Å². The normalized spacial score (nSPS) is 11.1. The molecule has 2 aromatic heterocycles. The molecule has 2 heterocycles. The average molecular weight is 304 g/mol.